The van der Waals surface area contributed by atoms with Crippen LogP contribution in [0.25, 0.3) is 0 Å². The van der Waals surface area contributed by atoms with Gasteiger partial charge in [0.15, 0.2) is 5.78 Å². The molecule has 27 heavy (non-hydrogen) atoms. The number of Topliss-reactive ketones (excluding diaryl/α,β-unsaturated/α-hetero) is 1. The Bertz CT molecular complexity index is 856. The van der Waals surface area contributed by atoms with Crippen molar-refractivity contribution in [2.24, 2.45) is 22.7 Å². The van der Waals surface area contributed by atoms with Crippen molar-refractivity contribution in [3.05, 3.63) is 17.5 Å². The Morgan fingerprint density at radius 1 is 1.33 bits per heavy atom. The van der Waals surface area contributed by atoms with E-state index in [1.165, 1.54) is 0 Å². The maximum Gasteiger partial charge on any atom is 0.167 e. The molecule has 1 aromatic rings. The molecule has 4 bridgehead atoms. The molecule has 4 fully saturated rings. The molecule has 1 aromatic heterocycles. The molecule has 5 aliphatic rings. The molecule has 6 rings (SSSR count). The molecule has 4 aliphatic carbocycles. The number of fused-ring (bicyclic) bond motifs is 1. The number of carbonyl (C=O) groups excluding carboxylic acids is 1. The summed E-state index contributed by atoms with van der Waals surface area (Å²) in [6.07, 6.45) is 9.57. The summed E-state index contributed by atoms with van der Waals surface area (Å²) in [7, 11) is 0. The van der Waals surface area contributed by atoms with E-state index in [9.17, 15) is 9.90 Å². The fraction of sp³-hybridized carbons (Fsp3) is 0.619. The molecular weight excluding hydrogens is 340 g/mol. The zero-order chi connectivity index (χ0) is 18.6. The van der Waals surface area contributed by atoms with E-state index in [0.29, 0.717) is 29.7 Å². The molecule has 0 saturated heterocycles. The first-order chi connectivity index (χ1) is 13.1. The monoisotopic (exact) mass is 364 g/mol. The Morgan fingerprint density at radius 2 is 2.11 bits per heavy atom. The van der Waals surface area contributed by atoms with E-state index in [1.807, 2.05) is 12.3 Å². The van der Waals surface area contributed by atoms with Gasteiger partial charge in [-0.05, 0) is 49.9 Å². The molecule has 0 radical (unpaired) electrons. The minimum absolute atomic E-state index is 0.0566. The Labute approximate surface area is 158 Å². The summed E-state index contributed by atoms with van der Waals surface area (Å²) in [4.78, 5) is 21.6. The van der Waals surface area contributed by atoms with Gasteiger partial charge >= 0.3 is 0 Å². The number of aliphatic hydroxyl groups is 1. The summed E-state index contributed by atoms with van der Waals surface area (Å²) in [5.74, 6) is 1.47. The van der Waals surface area contributed by atoms with Crippen LogP contribution in [0.15, 0.2) is 11.2 Å². The van der Waals surface area contributed by atoms with Crippen molar-refractivity contribution in [2.45, 2.75) is 63.0 Å². The molecule has 4 saturated carbocycles. The highest BCUT2D eigenvalue weighted by Gasteiger charge is 2.54. The van der Waals surface area contributed by atoms with Gasteiger partial charge in [0.1, 0.15) is 5.69 Å². The molecule has 5 atom stereocenters. The molecule has 6 heteroatoms. The first-order valence-electron chi connectivity index (χ1n) is 10.00. The number of pyridine rings is 1. The van der Waals surface area contributed by atoms with E-state index in [2.05, 4.69) is 15.3 Å². The topological polar surface area (TPSA) is 98.4 Å². The predicted molar refractivity (Wildman–Crippen MR) is 101 cm³/mol. The first kappa shape index (κ1) is 16.9. The number of aromatic nitrogens is 1. The number of nitrogens with zero attached hydrogens (tertiary/aromatic N) is 3. The van der Waals surface area contributed by atoms with Crippen molar-refractivity contribution in [3.63, 3.8) is 0 Å². The lowest BCUT2D eigenvalue weighted by molar-refractivity contribution is -0.129. The number of hydrogen-bond acceptors (Lipinski definition) is 6. The third-order valence-electron chi connectivity index (χ3n) is 6.95. The van der Waals surface area contributed by atoms with Crippen molar-refractivity contribution in [3.8, 4) is 6.07 Å². The van der Waals surface area contributed by atoms with Gasteiger partial charge in [0.05, 0.1) is 28.6 Å². The highest BCUT2D eigenvalue weighted by atomic mass is 16.3. The van der Waals surface area contributed by atoms with Crippen LogP contribution in [0.5, 0.6) is 0 Å². The second kappa shape index (κ2) is 6.13. The van der Waals surface area contributed by atoms with Crippen LogP contribution < -0.4 is 5.32 Å². The number of rotatable bonds is 5. The highest BCUT2D eigenvalue weighted by Crippen LogP contribution is 2.56. The lowest BCUT2D eigenvalue weighted by atomic mass is 9.52. The largest absolute Gasteiger partial charge is 0.390 e. The maximum absolute atomic E-state index is 12.7. The van der Waals surface area contributed by atoms with Crippen molar-refractivity contribution in [2.75, 3.05) is 5.32 Å². The Kier molecular flexibility index (Phi) is 3.83. The van der Waals surface area contributed by atoms with Gasteiger partial charge < -0.3 is 10.4 Å². The third kappa shape index (κ3) is 2.76. The number of hydrogen-bond donors (Lipinski definition) is 2. The van der Waals surface area contributed by atoms with E-state index in [-0.39, 0.29) is 24.7 Å². The van der Waals surface area contributed by atoms with Gasteiger partial charge in [-0.3, -0.25) is 14.8 Å². The summed E-state index contributed by atoms with van der Waals surface area (Å²) < 4.78 is 0. The van der Waals surface area contributed by atoms with Crippen LogP contribution in [0.1, 0.15) is 61.0 Å². The summed E-state index contributed by atoms with van der Waals surface area (Å²) in [6.45, 7) is 0. The van der Waals surface area contributed by atoms with Crippen LogP contribution >= 0.6 is 0 Å². The second-order valence-corrected chi connectivity index (χ2v) is 8.80. The van der Waals surface area contributed by atoms with Crippen molar-refractivity contribution < 1.29 is 9.90 Å². The normalized spacial score (nSPS) is 35.1. The Morgan fingerprint density at radius 3 is 2.81 bits per heavy atom. The summed E-state index contributed by atoms with van der Waals surface area (Å²) in [6, 6.07) is 2.32. The number of nitriles is 1. The quantitative estimate of drug-likeness (QED) is 0.782. The van der Waals surface area contributed by atoms with Gasteiger partial charge in [-0.25, -0.2) is 0 Å². The van der Waals surface area contributed by atoms with Crippen LogP contribution in [-0.2, 0) is 6.42 Å². The van der Waals surface area contributed by atoms with Crippen molar-refractivity contribution in [1.82, 2.24) is 4.98 Å². The van der Waals surface area contributed by atoms with Crippen LogP contribution in [-0.4, -0.2) is 33.7 Å². The fourth-order valence-corrected chi connectivity index (χ4v) is 6.10. The Hall–Kier alpha value is -2.26. The molecule has 6 nitrogen and oxygen atoms in total. The first-order valence-corrected chi connectivity index (χ1v) is 10.00. The predicted octanol–water partition coefficient (Wildman–Crippen LogP) is 3.18. The number of nitrogens with one attached hydrogen (secondary N) is 1. The summed E-state index contributed by atoms with van der Waals surface area (Å²) in [5, 5.41) is 23.4. The third-order valence-corrected chi connectivity index (χ3v) is 6.95. The zero-order valence-corrected chi connectivity index (χ0v) is 15.3. The highest BCUT2D eigenvalue weighted by molar-refractivity contribution is 6.04. The molecule has 1 aliphatic heterocycles. The van der Waals surface area contributed by atoms with Crippen LogP contribution in [0.3, 0.4) is 0 Å². The van der Waals surface area contributed by atoms with Gasteiger partial charge in [-0.15, -0.1) is 0 Å². The minimum atomic E-state index is -0.474. The van der Waals surface area contributed by atoms with Crippen LogP contribution in [0.2, 0.25) is 0 Å². The molecule has 3 unspecified atom stereocenters. The standard InChI is InChI=1S/C21H24N4O2/c22-4-1-2-17(26)15-11-24-16-3-5-23-20(16)19(15)25-18-13-6-12-7-14(18)10-21(27,8-12)9-13/h5,11-14,18,27H,1-3,6-10H2,(H,24,25)/t12?,13-,14+,18?,21?. The van der Waals surface area contributed by atoms with E-state index in [0.717, 1.165) is 49.2 Å². The second-order valence-electron chi connectivity index (χ2n) is 8.80. The molecule has 2 N–H and O–H groups in total. The molecule has 0 aromatic carbocycles. The number of ketones is 1. The Balaban J connectivity index is 1.48. The number of anilines is 1. The van der Waals surface area contributed by atoms with Crippen molar-refractivity contribution >= 4 is 23.4 Å². The van der Waals surface area contributed by atoms with Gasteiger partial charge in [0, 0.05) is 37.7 Å². The fourth-order valence-electron chi connectivity index (χ4n) is 6.10. The van der Waals surface area contributed by atoms with Gasteiger partial charge in [-0.2, -0.15) is 5.26 Å². The molecule has 0 amide bonds. The number of aliphatic imine (C=N–C) groups is 1. The van der Waals surface area contributed by atoms with Gasteiger partial charge in [-0.1, -0.05) is 0 Å². The van der Waals surface area contributed by atoms with Crippen molar-refractivity contribution in [1.29, 1.82) is 5.26 Å². The van der Waals surface area contributed by atoms with Gasteiger partial charge in [0.2, 0.25) is 0 Å². The lowest BCUT2D eigenvalue weighted by Gasteiger charge is -2.58. The summed E-state index contributed by atoms with van der Waals surface area (Å²) in [5.41, 5.74) is 2.55. The molecular formula is C21H24N4O2. The molecule has 2 heterocycles. The zero-order valence-electron chi connectivity index (χ0n) is 15.3. The van der Waals surface area contributed by atoms with E-state index >= 15 is 0 Å². The van der Waals surface area contributed by atoms with E-state index in [1.54, 1.807) is 6.20 Å². The number of carbonyl (C=O) groups is 1. The molecule has 0 spiro atoms. The lowest BCUT2D eigenvalue weighted by Crippen LogP contribution is -2.59. The van der Waals surface area contributed by atoms with E-state index < -0.39 is 5.60 Å². The van der Waals surface area contributed by atoms with E-state index in [4.69, 9.17) is 5.26 Å². The van der Waals surface area contributed by atoms with Crippen LogP contribution in [0.4, 0.5) is 11.4 Å². The maximum atomic E-state index is 12.7. The SMILES string of the molecule is N#CCCC(=O)c1cnc2c(c1NC1[C@@H]3CC4C[C@H]1CC(O)(C4)C3)N=CC2. The van der Waals surface area contributed by atoms with Crippen LogP contribution in [0, 0.1) is 29.1 Å². The summed E-state index contributed by atoms with van der Waals surface area (Å²) >= 11 is 0. The van der Waals surface area contributed by atoms with Gasteiger partial charge in [0.25, 0.3) is 0 Å². The average molecular weight is 364 g/mol. The molecule has 140 valence electrons. The minimum Gasteiger partial charge on any atom is -0.390 e. The smallest absolute Gasteiger partial charge is 0.167 e. The average Bonchev–Trinajstić information content (AvgIpc) is 3.10.